The minimum atomic E-state index is -3.32. The van der Waals surface area contributed by atoms with Crippen LogP contribution in [-0.2, 0) is 26.7 Å². The molecule has 1 saturated heterocycles. The Bertz CT molecular complexity index is 977. The van der Waals surface area contributed by atoms with Gasteiger partial charge in [0.15, 0.2) is 5.82 Å². The van der Waals surface area contributed by atoms with Crippen molar-refractivity contribution >= 4 is 15.9 Å². The molecule has 2 fully saturated rings. The van der Waals surface area contributed by atoms with E-state index in [2.05, 4.69) is 20.4 Å². The molecule has 1 saturated carbocycles. The van der Waals surface area contributed by atoms with Gasteiger partial charge in [0, 0.05) is 31.5 Å². The Hall–Kier alpha value is -2.33. The van der Waals surface area contributed by atoms with Gasteiger partial charge in [-0.2, -0.15) is 4.98 Å². The molecule has 3 atom stereocenters. The van der Waals surface area contributed by atoms with Crippen LogP contribution in [0.5, 0.6) is 0 Å². The van der Waals surface area contributed by atoms with Crippen molar-refractivity contribution in [1.82, 2.24) is 24.7 Å². The molecule has 2 aliphatic rings. The summed E-state index contributed by atoms with van der Waals surface area (Å²) in [4.78, 5) is 20.9. The minimum Gasteiger partial charge on any atom is -0.353 e. The SMILES string of the molecule is Cc1noc(C23CC(NC(=O)Cc4cccnc4)CC2CN(S(C)(=O)=O)C3)n1. The molecule has 2 aromatic rings. The molecular formula is C18H23N5O4S. The molecule has 0 aromatic carbocycles. The number of pyridine rings is 1. The van der Waals surface area contributed by atoms with E-state index in [1.165, 1.54) is 10.6 Å². The highest BCUT2D eigenvalue weighted by Gasteiger charge is 2.58. The van der Waals surface area contributed by atoms with Crippen LogP contribution in [0.4, 0.5) is 0 Å². The van der Waals surface area contributed by atoms with E-state index in [0.717, 1.165) is 5.56 Å². The van der Waals surface area contributed by atoms with E-state index >= 15 is 0 Å². The van der Waals surface area contributed by atoms with Gasteiger partial charge in [0.25, 0.3) is 0 Å². The molecule has 3 heterocycles. The number of fused-ring (bicyclic) bond motifs is 1. The predicted molar refractivity (Wildman–Crippen MR) is 99.7 cm³/mol. The third-order valence-corrected chi connectivity index (χ3v) is 6.93. The Kier molecular flexibility index (Phi) is 4.70. The first-order chi connectivity index (χ1) is 13.3. The van der Waals surface area contributed by atoms with Gasteiger partial charge in [-0.25, -0.2) is 12.7 Å². The van der Waals surface area contributed by atoms with Gasteiger partial charge < -0.3 is 9.84 Å². The number of nitrogens with one attached hydrogen (secondary N) is 1. The van der Waals surface area contributed by atoms with Crippen LogP contribution in [0.2, 0.25) is 0 Å². The quantitative estimate of drug-likeness (QED) is 0.766. The monoisotopic (exact) mass is 405 g/mol. The molecule has 150 valence electrons. The van der Waals surface area contributed by atoms with Crippen LogP contribution in [0.15, 0.2) is 29.0 Å². The molecule has 4 rings (SSSR count). The summed E-state index contributed by atoms with van der Waals surface area (Å²) in [6, 6.07) is 3.60. The van der Waals surface area contributed by atoms with E-state index in [4.69, 9.17) is 4.52 Å². The first kappa shape index (κ1) is 19.0. The summed E-state index contributed by atoms with van der Waals surface area (Å²) >= 11 is 0. The summed E-state index contributed by atoms with van der Waals surface area (Å²) in [7, 11) is -3.32. The van der Waals surface area contributed by atoms with Crippen LogP contribution in [0.25, 0.3) is 0 Å². The van der Waals surface area contributed by atoms with E-state index < -0.39 is 15.4 Å². The first-order valence-corrected chi connectivity index (χ1v) is 11.1. The van der Waals surface area contributed by atoms with Gasteiger partial charge in [-0.3, -0.25) is 9.78 Å². The number of nitrogens with zero attached hydrogens (tertiary/aromatic N) is 4. The lowest BCUT2D eigenvalue weighted by Gasteiger charge is -2.24. The molecule has 1 N–H and O–H groups in total. The van der Waals surface area contributed by atoms with E-state index in [9.17, 15) is 13.2 Å². The normalized spacial score (nSPS) is 27.6. The van der Waals surface area contributed by atoms with Gasteiger partial charge in [0.2, 0.25) is 21.8 Å². The van der Waals surface area contributed by atoms with Crippen molar-refractivity contribution in [2.45, 2.75) is 37.6 Å². The third-order valence-electron chi connectivity index (χ3n) is 5.72. The lowest BCUT2D eigenvalue weighted by Crippen LogP contribution is -2.39. The van der Waals surface area contributed by atoms with Gasteiger partial charge >= 0.3 is 0 Å². The van der Waals surface area contributed by atoms with Crippen LogP contribution < -0.4 is 5.32 Å². The highest BCUT2D eigenvalue weighted by molar-refractivity contribution is 7.88. The third kappa shape index (κ3) is 3.53. The van der Waals surface area contributed by atoms with Gasteiger partial charge in [-0.1, -0.05) is 11.2 Å². The summed E-state index contributed by atoms with van der Waals surface area (Å²) in [5.41, 5.74) is 0.292. The topological polar surface area (TPSA) is 118 Å². The first-order valence-electron chi connectivity index (χ1n) is 9.20. The number of rotatable bonds is 5. The number of sulfonamides is 1. The fourth-order valence-electron chi connectivity index (χ4n) is 4.48. The standard InChI is InChI=1S/C18H23N5O4S/c1-12-20-17(27-22-12)18-8-15(7-14(18)10-23(11-18)28(2,25)26)21-16(24)6-13-4-3-5-19-9-13/h3-5,9,14-15H,6-8,10-11H2,1-2H3,(H,21,24). The van der Waals surface area contributed by atoms with Crippen LogP contribution in [-0.4, -0.2) is 59.1 Å². The molecule has 0 radical (unpaired) electrons. The van der Waals surface area contributed by atoms with Crippen LogP contribution in [0.3, 0.4) is 0 Å². The van der Waals surface area contributed by atoms with Crippen molar-refractivity contribution in [2.75, 3.05) is 19.3 Å². The van der Waals surface area contributed by atoms with Gasteiger partial charge in [-0.15, -0.1) is 0 Å². The maximum Gasteiger partial charge on any atom is 0.234 e. The van der Waals surface area contributed by atoms with Gasteiger partial charge in [-0.05, 0) is 37.3 Å². The zero-order chi connectivity index (χ0) is 19.9. The van der Waals surface area contributed by atoms with Crippen molar-refractivity contribution in [1.29, 1.82) is 0 Å². The largest absolute Gasteiger partial charge is 0.353 e. The summed E-state index contributed by atoms with van der Waals surface area (Å²) in [5.74, 6) is 0.927. The molecule has 2 aromatic heterocycles. The number of aromatic nitrogens is 3. The second-order valence-electron chi connectivity index (χ2n) is 7.80. The smallest absolute Gasteiger partial charge is 0.234 e. The van der Waals surface area contributed by atoms with Crippen molar-refractivity contribution in [3.8, 4) is 0 Å². The number of carbonyl (C=O) groups is 1. The molecular weight excluding hydrogens is 382 g/mol. The summed E-state index contributed by atoms with van der Waals surface area (Å²) in [6.45, 7) is 2.44. The Morgan fingerprint density at radius 2 is 2.29 bits per heavy atom. The second-order valence-corrected chi connectivity index (χ2v) is 9.78. The lowest BCUT2D eigenvalue weighted by atomic mass is 9.80. The molecule has 1 aliphatic carbocycles. The van der Waals surface area contributed by atoms with E-state index in [1.807, 2.05) is 6.07 Å². The summed E-state index contributed by atoms with van der Waals surface area (Å²) in [5, 5.41) is 6.98. The number of hydrogen-bond donors (Lipinski definition) is 1. The molecule has 3 unspecified atom stereocenters. The van der Waals surface area contributed by atoms with E-state index in [0.29, 0.717) is 37.6 Å². The van der Waals surface area contributed by atoms with Crippen LogP contribution >= 0.6 is 0 Å². The zero-order valence-corrected chi connectivity index (χ0v) is 16.6. The Morgan fingerprint density at radius 3 is 2.93 bits per heavy atom. The number of amides is 1. The maximum atomic E-state index is 12.5. The van der Waals surface area contributed by atoms with E-state index in [-0.39, 0.29) is 24.3 Å². The van der Waals surface area contributed by atoms with E-state index in [1.54, 1.807) is 25.4 Å². The molecule has 9 nitrogen and oxygen atoms in total. The Labute approximate surface area is 163 Å². The Morgan fingerprint density at radius 1 is 1.46 bits per heavy atom. The zero-order valence-electron chi connectivity index (χ0n) is 15.8. The van der Waals surface area contributed by atoms with Crippen LogP contribution in [0, 0.1) is 12.8 Å². The molecule has 10 heteroatoms. The summed E-state index contributed by atoms with van der Waals surface area (Å²) in [6.07, 6.45) is 6.07. The number of carbonyl (C=O) groups excluding carboxylic acids is 1. The van der Waals surface area contributed by atoms with Gasteiger partial charge in [0.05, 0.1) is 18.1 Å². The number of aryl methyl sites for hydroxylation is 1. The van der Waals surface area contributed by atoms with Crippen LogP contribution in [0.1, 0.15) is 30.1 Å². The van der Waals surface area contributed by atoms with Crippen molar-refractivity contribution < 1.29 is 17.7 Å². The molecule has 28 heavy (non-hydrogen) atoms. The van der Waals surface area contributed by atoms with Crippen molar-refractivity contribution in [2.24, 2.45) is 5.92 Å². The highest BCUT2D eigenvalue weighted by Crippen LogP contribution is 2.50. The average Bonchev–Trinajstić information content (AvgIpc) is 3.27. The van der Waals surface area contributed by atoms with Gasteiger partial charge in [0.1, 0.15) is 0 Å². The highest BCUT2D eigenvalue weighted by atomic mass is 32.2. The second kappa shape index (κ2) is 6.93. The fourth-order valence-corrected chi connectivity index (χ4v) is 5.40. The molecule has 1 amide bonds. The average molecular weight is 405 g/mol. The predicted octanol–water partition coefficient (Wildman–Crippen LogP) is 0.424. The maximum absolute atomic E-state index is 12.5. The Balaban J connectivity index is 1.52. The number of hydrogen-bond acceptors (Lipinski definition) is 7. The minimum absolute atomic E-state index is 0.0192. The lowest BCUT2D eigenvalue weighted by molar-refractivity contribution is -0.121. The van der Waals surface area contributed by atoms with Crippen molar-refractivity contribution in [3.63, 3.8) is 0 Å². The molecule has 0 bridgehead atoms. The molecule has 1 aliphatic heterocycles. The summed E-state index contributed by atoms with van der Waals surface area (Å²) < 4.78 is 31.1. The van der Waals surface area contributed by atoms with Crippen molar-refractivity contribution in [3.05, 3.63) is 41.8 Å². The molecule has 0 spiro atoms. The fraction of sp³-hybridized carbons (Fsp3) is 0.556.